The molecule has 1 amide bonds. The molecule has 68 valence electrons. The number of hydrogen-bond donors (Lipinski definition) is 1. The van der Waals surface area contributed by atoms with E-state index in [1.807, 2.05) is 6.92 Å². The number of amides is 1. The Morgan fingerprint density at radius 3 is 2.75 bits per heavy atom. The smallest absolute Gasteiger partial charge is 0.219 e. The van der Waals surface area contributed by atoms with Crippen LogP contribution in [-0.4, -0.2) is 11.9 Å². The Labute approximate surface area is 73.7 Å². The maximum Gasteiger partial charge on any atom is 0.219 e. The van der Waals surface area contributed by atoms with Gasteiger partial charge < -0.3 is 5.32 Å². The van der Waals surface area contributed by atoms with Crippen molar-refractivity contribution in [2.75, 3.05) is 0 Å². The van der Waals surface area contributed by atoms with Crippen molar-refractivity contribution in [1.29, 1.82) is 0 Å². The Morgan fingerprint density at radius 2 is 2.25 bits per heavy atom. The van der Waals surface area contributed by atoms with Crippen LogP contribution in [0, 0.1) is 11.8 Å². The second-order valence-electron chi connectivity index (χ2n) is 4.20. The van der Waals surface area contributed by atoms with E-state index in [0.29, 0.717) is 12.5 Å². The summed E-state index contributed by atoms with van der Waals surface area (Å²) in [6.45, 7) is 1.92. The minimum Gasteiger partial charge on any atom is -0.353 e. The van der Waals surface area contributed by atoms with Gasteiger partial charge in [0.1, 0.15) is 0 Å². The Morgan fingerprint density at radius 1 is 1.42 bits per heavy atom. The lowest BCUT2D eigenvalue weighted by molar-refractivity contribution is -0.121. The van der Waals surface area contributed by atoms with Crippen LogP contribution in [-0.2, 0) is 4.79 Å². The molecular weight excluding hydrogens is 150 g/mol. The van der Waals surface area contributed by atoms with Gasteiger partial charge in [0.05, 0.1) is 0 Å². The lowest BCUT2D eigenvalue weighted by Gasteiger charge is -2.22. The Balaban J connectivity index is 1.86. The summed E-state index contributed by atoms with van der Waals surface area (Å²) in [6.07, 6.45) is 6.00. The Bertz CT molecular complexity index is 190. The highest BCUT2D eigenvalue weighted by molar-refractivity contribution is 5.75. The molecule has 2 nitrogen and oxygen atoms in total. The second kappa shape index (κ2) is 3.08. The van der Waals surface area contributed by atoms with Gasteiger partial charge in [-0.25, -0.2) is 0 Å². The maximum atomic E-state index is 11.1. The first-order valence-corrected chi connectivity index (χ1v) is 5.09. The van der Waals surface area contributed by atoms with Gasteiger partial charge in [0.15, 0.2) is 0 Å². The molecule has 0 unspecified atom stereocenters. The van der Waals surface area contributed by atoms with Gasteiger partial charge in [-0.1, -0.05) is 13.3 Å². The average molecular weight is 167 g/mol. The van der Waals surface area contributed by atoms with Gasteiger partial charge in [-0.05, 0) is 31.1 Å². The second-order valence-corrected chi connectivity index (χ2v) is 4.20. The van der Waals surface area contributed by atoms with Crippen LogP contribution >= 0.6 is 0 Å². The molecule has 2 aliphatic carbocycles. The molecular formula is C10H17NO. The van der Waals surface area contributed by atoms with Gasteiger partial charge in [0, 0.05) is 12.5 Å². The number of rotatable bonds is 2. The summed E-state index contributed by atoms with van der Waals surface area (Å²) in [6, 6.07) is 0.524. The molecule has 2 heteroatoms. The first kappa shape index (κ1) is 8.09. The maximum absolute atomic E-state index is 11.1. The van der Waals surface area contributed by atoms with Gasteiger partial charge in [-0.15, -0.1) is 0 Å². The van der Waals surface area contributed by atoms with Crippen molar-refractivity contribution in [3.63, 3.8) is 0 Å². The van der Waals surface area contributed by atoms with Gasteiger partial charge in [-0.2, -0.15) is 0 Å². The molecule has 1 N–H and O–H groups in total. The van der Waals surface area contributed by atoms with E-state index in [-0.39, 0.29) is 5.91 Å². The fraction of sp³-hybridized carbons (Fsp3) is 0.900. The minimum absolute atomic E-state index is 0.229. The number of carbonyl (C=O) groups is 1. The van der Waals surface area contributed by atoms with Crippen molar-refractivity contribution in [3.05, 3.63) is 0 Å². The predicted octanol–water partition coefficient (Wildman–Crippen LogP) is 1.70. The highest BCUT2D eigenvalue weighted by Crippen LogP contribution is 2.44. The van der Waals surface area contributed by atoms with E-state index in [2.05, 4.69) is 5.32 Å². The zero-order valence-electron chi connectivity index (χ0n) is 7.68. The van der Waals surface area contributed by atoms with Gasteiger partial charge in [0.25, 0.3) is 0 Å². The SMILES string of the molecule is CCC(=O)N[C@@H]1C[C@@H]2CC[C@@H]1C2. The van der Waals surface area contributed by atoms with Crippen LogP contribution in [0.2, 0.25) is 0 Å². The number of hydrogen-bond acceptors (Lipinski definition) is 1. The monoisotopic (exact) mass is 167 g/mol. The normalized spacial score (nSPS) is 38.6. The molecule has 2 rings (SSSR count). The molecule has 2 aliphatic rings. The summed E-state index contributed by atoms with van der Waals surface area (Å²) >= 11 is 0. The number of carbonyl (C=O) groups excluding carboxylic acids is 1. The van der Waals surface area contributed by atoms with E-state index >= 15 is 0 Å². The highest BCUT2D eigenvalue weighted by Gasteiger charge is 2.39. The van der Waals surface area contributed by atoms with Gasteiger partial charge >= 0.3 is 0 Å². The van der Waals surface area contributed by atoms with Crippen molar-refractivity contribution in [1.82, 2.24) is 5.32 Å². The number of fused-ring (bicyclic) bond motifs is 2. The summed E-state index contributed by atoms with van der Waals surface area (Å²) in [5.74, 6) is 1.97. The largest absolute Gasteiger partial charge is 0.353 e. The molecule has 0 saturated heterocycles. The molecule has 0 heterocycles. The van der Waals surface area contributed by atoms with Crippen molar-refractivity contribution in [3.8, 4) is 0 Å². The van der Waals surface area contributed by atoms with E-state index in [1.165, 1.54) is 25.7 Å². The molecule has 0 aliphatic heterocycles. The first-order valence-electron chi connectivity index (χ1n) is 5.09. The summed E-state index contributed by atoms with van der Waals surface area (Å²) in [7, 11) is 0. The molecule has 0 aromatic rings. The fourth-order valence-corrected chi connectivity index (χ4v) is 2.73. The minimum atomic E-state index is 0.229. The van der Waals surface area contributed by atoms with Gasteiger partial charge in [0.2, 0.25) is 5.91 Å². The molecule has 3 atom stereocenters. The van der Waals surface area contributed by atoms with E-state index in [4.69, 9.17) is 0 Å². The van der Waals surface area contributed by atoms with Crippen molar-refractivity contribution in [2.24, 2.45) is 11.8 Å². The van der Waals surface area contributed by atoms with Crippen LogP contribution in [0.1, 0.15) is 39.0 Å². The van der Waals surface area contributed by atoms with Crippen LogP contribution in [0.25, 0.3) is 0 Å². The molecule has 0 aromatic heterocycles. The fourth-order valence-electron chi connectivity index (χ4n) is 2.73. The lowest BCUT2D eigenvalue weighted by Crippen LogP contribution is -2.37. The molecule has 0 radical (unpaired) electrons. The molecule has 2 saturated carbocycles. The van der Waals surface area contributed by atoms with Crippen molar-refractivity contribution < 1.29 is 4.79 Å². The zero-order valence-corrected chi connectivity index (χ0v) is 7.68. The highest BCUT2D eigenvalue weighted by atomic mass is 16.1. The molecule has 0 aromatic carbocycles. The standard InChI is InChI=1S/C10H17NO/c1-2-10(12)11-9-6-7-3-4-8(9)5-7/h7-9H,2-6H2,1H3,(H,11,12)/t7-,8-,9-/m1/s1. The Hall–Kier alpha value is -0.530. The van der Waals surface area contributed by atoms with E-state index in [9.17, 15) is 4.79 Å². The third kappa shape index (κ3) is 1.35. The lowest BCUT2D eigenvalue weighted by atomic mass is 9.95. The van der Waals surface area contributed by atoms with Crippen molar-refractivity contribution in [2.45, 2.75) is 45.1 Å². The van der Waals surface area contributed by atoms with E-state index in [0.717, 1.165) is 11.8 Å². The molecule has 0 spiro atoms. The van der Waals surface area contributed by atoms with E-state index in [1.54, 1.807) is 0 Å². The summed E-state index contributed by atoms with van der Waals surface area (Å²) < 4.78 is 0. The third-order valence-electron chi connectivity index (χ3n) is 3.41. The third-order valence-corrected chi connectivity index (χ3v) is 3.41. The van der Waals surface area contributed by atoms with Crippen molar-refractivity contribution >= 4 is 5.91 Å². The van der Waals surface area contributed by atoms with Crippen LogP contribution in [0.5, 0.6) is 0 Å². The zero-order chi connectivity index (χ0) is 8.55. The molecule has 2 fully saturated rings. The average Bonchev–Trinajstić information content (AvgIpc) is 2.64. The Kier molecular flexibility index (Phi) is 2.07. The first-order chi connectivity index (χ1) is 5.79. The van der Waals surface area contributed by atoms with Gasteiger partial charge in [-0.3, -0.25) is 4.79 Å². The molecule has 12 heavy (non-hydrogen) atoms. The number of nitrogens with one attached hydrogen (secondary N) is 1. The summed E-state index contributed by atoms with van der Waals surface area (Å²) in [5.41, 5.74) is 0. The summed E-state index contributed by atoms with van der Waals surface area (Å²) in [4.78, 5) is 11.1. The summed E-state index contributed by atoms with van der Waals surface area (Å²) in [5, 5.41) is 3.12. The predicted molar refractivity (Wildman–Crippen MR) is 47.7 cm³/mol. The van der Waals surface area contributed by atoms with Crippen LogP contribution in [0.3, 0.4) is 0 Å². The van der Waals surface area contributed by atoms with Crippen LogP contribution < -0.4 is 5.32 Å². The quantitative estimate of drug-likeness (QED) is 0.666. The van der Waals surface area contributed by atoms with Crippen LogP contribution in [0.4, 0.5) is 0 Å². The van der Waals surface area contributed by atoms with Crippen LogP contribution in [0.15, 0.2) is 0 Å². The molecule has 2 bridgehead atoms. The van der Waals surface area contributed by atoms with E-state index < -0.39 is 0 Å². The topological polar surface area (TPSA) is 29.1 Å².